The van der Waals surface area contributed by atoms with Gasteiger partial charge < -0.3 is 16.2 Å². The summed E-state index contributed by atoms with van der Waals surface area (Å²) < 4.78 is 0. The van der Waals surface area contributed by atoms with Crippen molar-refractivity contribution in [2.24, 2.45) is 17.6 Å². The lowest BCUT2D eigenvalue weighted by Gasteiger charge is -2.28. The van der Waals surface area contributed by atoms with Gasteiger partial charge in [-0.05, 0) is 25.7 Å². The molecule has 1 saturated carbocycles. The largest absolute Gasteiger partial charge is 0.481 e. The summed E-state index contributed by atoms with van der Waals surface area (Å²) in [6.45, 7) is 2.27. The maximum absolute atomic E-state index is 11.8. The first-order chi connectivity index (χ1) is 8.08. The van der Waals surface area contributed by atoms with Crippen LogP contribution in [-0.4, -0.2) is 29.6 Å². The van der Waals surface area contributed by atoms with Gasteiger partial charge in [0, 0.05) is 18.5 Å². The molecule has 0 aromatic carbocycles. The van der Waals surface area contributed by atoms with Crippen molar-refractivity contribution in [3.8, 4) is 0 Å². The van der Waals surface area contributed by atoms with Gasteiger partial charge in [0.2, 0.25) is 5.91 Å². The number of carbonyl (C=O) groups is 2. The van der Waals surface area contributed by atoms with E-state index < -0.39 is 5.97 Å². The minimum atomic E-state index is -0.755. The van der Waals surface area contributed by atoms with Gasteiger partial charge in [-0.15, -0.1) is 0 Å². The lowest BCUT2D eigenvalue weighted by molar-refractivity contribution is -0.143. The third-order valence-corrected chi connectivity index (χ3v) is 3.52. The van der Waals surface area contributed by atoms with Gasteiger partial charge in [0.25, 0.3) is 0 Å². The predicted octanol–water partition coefficient (Wildman–Crippen LogP) is 0.731. The number of carboxylic acid groups (broad SMARTS) is 1. The van der Waals surface area contributed by atoms with E-state index in [9.17, 15) is 9.59 Å². The molecular formula is C12H22N2O3. The molecule has 3 atom stereocenters. The monoisotopic (exact) mass is 242 g/mol. The Morgan fingerprint density at radius 1 is 1.47 bits per heavy atom. The summed E-state index contributed by atoms with van der Waals surface area (Å²) in [4.78, 5) is 22.7. The number of carbonyl (C=O) groups excluding carboxylic acids is 1. The molecule has 0 spiro atoms. The van der Waals surface area contributed by atoms with Crippen LogP contribution >= 0.6 is 0 Å². The average Bonchev–Trinajstić information content (AvgIpc) is 2.30. The Morgan fingerprint density at radius 2 is 2.18 bits per heavy atom. The molecule has 5 nitrogen and oxygen atoms in total. The summed E-state index contributed by atoms with van der Waals surface area (Å²) >= 11 is 0. The van der Waals surface area contributed by atoms with Crippen LogP contribution in [-0.2, 0) is 9.59 Å². The molecule has 0 aliphatic heterocycles. The van der Waals surface area contributed by atoms with Crippen molar-refractivity contribution in [1.82, 2.24) is 5.32 Å². The zero-order valence-corrected chi connectivity index (χ0v) is 10.3. The van der Waals surface area contributed by atoms with E-state index in [0.717, 1.165) is 25.7 Å². The molecule has 0 bridgehead atoms. The fourth-order valence-electron chi connectivity index (χ4n) is 2.32. The lowest BCUT2D eigenvalue weighted by atomic mass is 9.85. The number of amides is 1. The Balaban J connectivity index is 2.45. The van der Waals surface area contributed by atoms with Crippen molar-refractivity contribution in [3.05, 3.63) is 0 Å². The van der Waals surface area contributed by atoms with E-state index in [1.807, 2.05) is 6.92 Å². The highest BCUT2D eigenvalue weighted by atomic mass is 16.4. The summed E-state index contributed by atoms with van der Waals surface area (Å²) in [5.74, 6) is -1.26. The Labute approximate surface area is 102 Å². The zero-order valence-electron chi connectivity index (χ0n) is 10.3. The SMILES string of the molecule is CCC(CN)C(=O)NC1CCCC(C(=O)O)C1. The van der Waals surface area contributed by atoms with Gasteiger partial charge in [0.15, 0.2) is 0 Å². The van der Waals surface area contributed by atoms with Crippen LogP contribution in [0.2, 0.25) is 0 Å². The van der Waals surface area contributed by atoms with Gasteiger partial charge in [0.1, 0.15) is 0 Å². The highest BCUT2D eigenvalue weighted by Gasteiger charge is 2.28. The third kappa shape index (κ3) is 4.00. The number of hydrogen-bond donors (Lipinski definition) is 3. The van der Waals surface area contributed by atoms with Crippen LogP contribution in [0.3, 0.4) is 0 Å². The molecular weight excluding hydrogens is 220 g/mol. The molecule has 1 aliphatic rings. The molecule has 0 saturated heterocycles. The number of nitrogens with two attached hydrogens (primary N) is 1. The Bertz CT molecular complexity index is 277. The zero-order chi connectivity index (χ0) is 12.8. The molecule has 1 rings (SSSR count). The van der Waals surface area contributed by atoms with Gasteiger partial charge in [-0.2, -0.15) is 0 Å². The minimum absolute atomic E-state index is 0.00190. The van der Waals surface area contributed by atoms with E-state index in [1.54, 1.807) is 0 Å². The number of carboxylic acids is 1. The van der Waals surface area contributed by atoms with Crippen molar-refractivity contribution in [1.29, 1.82) is 0 Å². The summed E-state index contributed by atoms with van der Waals surface area (Å²) in [6, 6.07) is -0.00190. The second-order valence-corrected chi connectivity index (χ2v) is 4.75. The molecule has 0 heterocycles. The highest BCUT2D eigenvalue weighted by Crippen LogP contribution is 2.24. The third-order valence-electron chi connectivity index (χ3n) is 3.52. The fraction of sp³-hybridized carbons (Fsp3) is 0.833. The second kappa shape index (κ2) is 6.59. The normalized spacial score (nSPS) is 26.2. The van der Waals surface area contributed by atoms with E-state index in [-0.39, 0.29) is 23.8 Å². The lowest BCUT2D eigenvalue weighted by Crippen LogP contribution is -2.44. The van der Waals surface area contributed by atoms with E-state index in [0.29, 0.717) is 13.0 Å². The number of nitrogens with one attached hydrogen (secondary N) is 1. The molecule has 0 aromatic rings. The number of aliphatic carboxylic acids is 1. The van der Waals surface area contributed by atoms with Crippen LogP contribution in [0.5, 0.6) is 0 Å². The van der Waals surface area contributed by atoms with E-state index in [4.69, 9.17) is 10.8 Å². The molecule has 1 fully saturated rings. The minimum Gasteiger partial charge on any atom is -0.481 e. The molecule has 0 aromatic heterocycles. The number of hydrogen-bond acceptors (Lipinski definition) is 3. The number of rotatable bonds is 5. The van der Waals surface area contributed by atoms with Crippen molar-refractivity contribution in [3.63, 3.8) is 0 Å². The Hall–Kier alpha value is -1.10. The molecule has 1 aliphatic carbocycles. The standard InChI is InChI=1S/C12H22N2O3/c1-2-8(7-13)11(15)14-10-5-3-4-9(6-10)12(16)17/h8-10H,2-7,13H2,1H3,(H,14,15)(H,16,17). The molecule has 4 N–H and O–H groups in total. The van der Waals surface area contributed by atoms with Gasteiger partial charge in [-0.3, -0.25) is 9.59 Å². The average molecular weight is 242 g/mol. The maximum atomic E-state index is 11.8. The van der Waals surface area contributed by atoms with E-state index >= 15 is 0 Å². The van der Waals surface area contributed by atoms with Crippen LogP contribution in [0, 0.1) is 11.8 Å². The summed E-state index contributed by atoms with van der Waals surface area (Å²) in [7, 11) is 0. The van der Waals surface area contributed by atoms with Gasteiger partial charge in [-0.25, -0.2) is 0 Å². The topological polar surface area (TPSA) is 92.4 Å². The van der Waals surface area contributed by atoms with Crippen LogP contribution < -0.4 is 11.1 Å². The highest BCUT2D eigenvalue weighted by molar-refractivity contribution is 5.79. The summed E-state index contributed by atoms with van der Waals surface area (Å²) in [6.07, 6.45) is 3.72. The van der Waals surface area contributed by atoms with Crippen molar-refractivity contribution in [2.45, 2.75) is 45.1 Å². The molecule has 17 heavy (non-hydrogen) atoms. The second-order valence-electron chi connectivity index (χ2n) is 4.75. The smallest absolute Gasteiger partial charge is 0.306 e. The molecule has 5 heteroatoms. The fourth-order valence-corrected chi connectivity index (χ4v) is 2.32. The maximum Gasteiger partial charge on any atom is 0.306 e. The Morgan fingerprint density at radius 3 is 2.71 bits per heavy atom. The first-order valence-corrected chi connectivity index (χ1v) is 6.31. The first kappa shape index (κ1) is 14.0. The van der Waals surface area contributed by atoms with Crippen molar-refractivity contribution >= 4 is 11.9 Å². The van der Waals surface area contributed by atoms with Crippen LogP contribution in [0.25, 0.3) is 0 Å². The predicted molar refractivity (Wildman–Crippen MR) is 64.4 cm³/mol. The van der Waals surface area contributed by atoms with E-state index in [1.165, 1.54) is 0 Å². The van der Waals surface area contributed by atoms with Crippen molar-refractivity contribution in [2.75, 3.05) is 6.54 Å². The van der Waals surface area contributed by atoms with Crippen LogP contribution in [0.15, 0.2) is 0 Å². The first-order valence-electron chi connectivity index (χ1n) is 6.31. The summed E-state index contributed by atoms with van der Waals surface area (Å²) in [5.41, 5.74) is 5.51. The van der Waals surface area contributed by atoms with Gasteiger partial charge in [-0.1, -0.05) is 13.3 Å². The quantitative estimate of drug-likeness (QED) is 0.662. The molecule has 98 valence electrons. The van der Waals surface area contributed by atoms with Crippen molar-refractivity contribution < 1.29 is 14.7 Å². The van der Waals surface area contributed by atoms with Crippen LogP contribution in [0.4, 0.5) is 0 Å². The van der Waals surface area contributed by atoms with Crippen LogP contribution in [0.1, 0.15) is 39.0 Å². The molecule has 3 unspecified atom stereocenters. The van der Waals surface area contributed by atoms with E-state index in [2.05, 4.69) is 5.32 Å². The Kier molecular flexibility index (Phi) is 5.41. The molecule has 0 radical (unpaired) electrons. The summed E-state index contributed by atoms with van der Waals surface area (Å²) in [5, 5.41) is 11.9. The van der Waals surface area contributed by atoms with Gasteiger partial charge >= 0.3 is 5.97 Å². The molecule has 1 amide bonds. The van der Waals surface area contributed by atoms with Gasteiger partial charge in [0.05, 0.1) is 5.92 Å².